The van der Waals surface area contributed by atoms with E-state index in [9.17, 15) is 4.79 Å². The van der Waals surface area contributed by atoms with Gasteiger partial charge in [-0.3, -0.25) is 4.90 Å². The zero-order chi connectivity index (χ0) is 19.5. The van der Waals surface area contributed by atoms with Crippen LogP contribution < -0.4 is 5.32 Å². The SMILES string of the molecule is O=C(O)c1ccc(CN2CCC(CNC3CC3c3ccc(Cl)cc3)CC2)cc1. The second kappa shape index (κ2) is 8.64. The molecule has 1 aliphatic carbocycles. The molecule has 2 N–H and O–H groups in total. The quantitative estimate of drug-likeness (QED) is 0.726. The van der Waals surface area contributed by atoms with Crippen LogP contribution in [-0.2, 0) is 6.54 Å². The minimum absolute atomic E-state index is 0.352. The summed E-state index contributed by atoms with van der Waals surface area (Å²) in [6.45, 7) is 4.23. The number of aromatic carboxylic acids is 1. The monoisotopic (exact) mass is 398 g/mol. The van der Waals surface area contributed by atoms with Gasteiger partial charge in [-0.1, -0.05) is 35.9 Å². The molecule has 0 aromatic heterocycles. The fourth-order valence-corrected chi connectivity index (χ4v) is 4.30. The van der Waals surface area contributed by atoms with Crippen LogP contribution in [0, 0.1) is 5.92 Å². The summed E-state index contributed by atoms with van der Waals surface area (Å²) in [6.07, 6.45) is 3.67. The Morgan fingerprint density at radius 2 is 1.75 bits per heavy atom. The normalized spacial score (nSPS) is 22.9. The van der Waals surface area contributed by atoms with Crippen LogP contribution in [0.15, 0.2) is 48.5 Å². The van der Waals surface area contributed by atoms with Crippen LogP contribution >= 0.6 is 11.6 Å². The van der Waals surface area contributed by atoms with Crippen LogP contribution in [0.2, 0.25) is 5.02 Å². The molecule has 1 saturated heterocycles. The number of carboxylic acid groups (broad SMARTS) is 1. The zero-order valence-corrected chi connectivity index (χ0v) is 16.7. The molecule has 2 aliphatic rings. The van der Waals surface area contributed by atoms with E-state index in [0.717, 1.165) is 37.1 Å². The molecule has 0 spiro atoms. The molecule has 0 amide bonds. The van der Waals surface area contributed by atoms with Crippen molar-refractivity contribution in [2.75, 3.05) is 19.6 Å². The van der Waals surface area contributed by atoms with Crippen LogP contribution in [0.4, 0.5) is 0 Å². The number of rotatable bonds is 7. The molecule has 2 atom stereocenters. The van der Waals surface area contributed by atoms with Gasteiger partial charge >= 0.3 is 5.97 Å². The molecule has 4 nitrogen and oxygen atoms in total. The van der Waals surface area contributed by atoms with Gasteiger partial charge in [0.25, 0.3) is 0 Å². The van der Waals surface area contributed by atoms with Crippen molar-refractivity contribution in [3.8, 4) is 0 Å². The average Bonchev–Trinajstić information content (AvgIpc) is 3.48. The van der Waals surface area contributed by atoms with Gasteiger partial charge in [0.1, 0.15) is 0 Å². The molecule has 0 radical (unpaired) electrons. The van der Waals surface area contributed by atoms with Crippen LogP contribution in [0.25, 0.3) is 0 Å². The van der Waals surface area contributed by atoms with Gasteiger partial charge in [0.2, 0.25) is 0 Å². The average molecular weight is 399 g/mol. The predicted octanol–water partition coefficient (Wildman–Crippen LogP) is 4.40. The van der Waals surface area contributed by atoms with E-state index < -0.39 is 5.97 Å². The molecule has 4 rings (SSSR count). The predicted molar refractivity (Wildman–Crippen MR) is 112 cm³/mol. The van der Waals surface area contributed by atoms with Crippen molar-refractivity contribution in [2.45, 2.75) is 37.8 Å². The molecule has 0 bridgehead atoms. The summed E-state index contributed by atoms with van der Waals surface area (Å²) in [4.78, 5) is 13.4. The van der Waals surface area contributed by atoms with Gasteiger partial charge in [-0.2, -0.15) is 0 Å². The number of carboxylic acids is 1. The lowest BCUT2D eigenvalue weighted by atomic mass is 9.96. The number of piperidine rings is 1. The van der Waals surface area contributed by atoms with E-state index in [4.69, 9.17) is 16.7 Å². The molecule has 2 aromatic carbocycles. The largest absolute Gasteiger partial charge is 0.478 e. The third-order valence-electron chi connectivity index (χ3n) is 6.07. The zero-order valence-electron chi connectivity index (χ0n) is 16.0. The van der Waals surface area contributed by atoms with Gasteiger partial charge in [0.05, 0.1) is 5.56 Å². The Labute approximate surface area is 171 Å². The van der Waals surface area contributed by atoms with Crippen molar-refractivity contribution in [1.82, 2.24) is 10.2 Å². The maximum Gasteiger partial charge on any atom is 0.335 e. The third kappa shape index (κ3) is 4.93. The molecule has 28 heavy (non-hydrogen) atoms. The Morgan fingerprint density at radius 3 is 2.39 bits per heavy atom. The topological polar surface area (TPSA) is 52.6 Å². The number of nitrogens with zero attached hydrogens (tertiary/aromatic N) is 1. The fraction of sp³-hybridized carbons (Fsp3) is 0.435. The molecule has 2 unspecified atom stereocenters. The first-order valence-corrected chi connectivity index (χ1v) is 10.5. The second-order valence-corrected chi connectivity index (χ2v) is 8.57. The minimum atomic E-state index is -0.867. The van der Waals surface area contributed by atoms with Gasteiger partial charge in [-0.05, 0) is 80.2 Å². The highest BCUT2D eigenvalue weighted by atomic mass is 35.5. The fourth-order valence-electron chi connectivity index (χ4n) is 4.18. The number of halogens is 1. The van der Waals surface area contributed by atoms with Gasteiger partial charge in [0, 0.05) is 23.5 Å². The van der Waals surface area contributed by atoms with Crippen LogP contribution in [0.1, 0.15) is 46.7 Å². The van der Waals surface area contributed by atoms with Crippen molar-refractivity contribution in [3.63, 3.8) is 0 Å². The van der Waals surface area contributed by atoms with E-state index in [1.807, 2.05) is 24.3 Å². The van der Waals surface area contributed by atoms with Gasteiger partial charge < -0.3 is 10.4 Å². The summed E-state index contributed by atoms with van der Waals surface area (Å²) in [5.41, 5.74) is 2.93. The first-order chi connectivity index (χ1) is 13.6. The highest BCUT2D eigenvalue weighted by molar-refractivity contribution is 6.30. The molecule has 5 heteroatoms. The first kappa shape index (κ1) is 19.4. The van der Waals surface area contributed by atoms with Gasteiger partial charge in [0.15, 0.2) is 0 Å². The lowest BCUT2D eigenvalue weighted by Crippen LogP contribution is -2.37. The summed E-state index contributed by atoms with van der Waals surface area (Å²) >= 11 is 5.97. The van der Waals surface area contributed by atoms with E-state index in [-0.39, 0.29) is 0 Å². The highest BCUT2D eigenvalue weighted by Gasteiger charge is 2.38. The van der Waals surface area contributed by atoms with Crippen molar-refractivity contribution < 1.29 is 9.90 Å². The summed E-state index contributed by atoms with van der Waals surface area (Å²) in [5.74, 6) is 0.525. The number of likely N-dealkylation sites (tertiary alicyclic amines) is 1. The minimum Gasteiger partial charge on any atom is -0.478 e. The highest BCUT2D eigenvalue weighted by Crippen LogP contribution is 2.41. The number of benzene rings is 2. The first-order valence-electron chi connectivity index (χ1n) is 10.1. The standard InChI is InChI=1S/C23H27ClN2O2/c24-20-7-5-18(6-8-20)21-13-22(21)25-14-16-9-11-26(12-10-16)15-17-1-3-19(4-2-17)23(27)28/h1-8,16,21-22,25H,9-15H2,(H,27,28). The number of nitrogens with one attached hydrogen (secondary N) is 1. The van der Waals surface area contributed by atoms with Crippen molar-refractivity contribution in [1.29, 1.82) is 0 Å². The van der Waals surface area contributed by atoms with Crippen molar-refractivity contribution >= 4 is 17.6 Å². The maximum absolute atomic E-state index is 10.9. The van der Waals surface area contributed by atoms with E-state index in [1.165, 1.54) is 30.4 Å². The summed E-state index contributed by atoms with van der Waals surface area (Å²) in [5, 5.41) is 13.6. The molecule has 1 saturated carbocycles. The molecule has 2 aromatic rings. The molecule has 1 aliphatic heterocycles. The van der Waals surface area contributed by atoms with Crippen molar-refractivity contribution in [2.24, 2.45) is 5.92 Å². The molecule has 2 fully saturated rings. The number of hydrogen-bond acceptors (Lipinski definition) is 3. The second-order valence-electron chi connectivity index (χ2n) is 8.13. The van der Waals surface area contributed by atoms with Gasteiger partial charge in [-0.25, -0.2) is 4.79 Å². The van der Waals surface area contributed by atoms with E-state index in [2.05, 4.69) is 22.3 Å². The molecule has 1 heterocycles. The van der Waals surface area contributed by atoms with E-state index >= 15 is 0 Å². The smallest absolute Gasteiger partial charge is 0.335 e. The summed E-state index contributed by atoms with van der Waals surface area (Å²) < 4.78 is 0. The van der Waals surface area contributed by atoms with Crippen LogP contribution in [0.5, 0.6) is 0 Å². The summed E-state index contributed by atoms with van der Waals surface area (Å²) in [6, 6.07) is 16.1. The van der Waals surface area contributed by atoms with E-state index in [0.29, 0.717) is 17.5 Å². The Morgan fingerprint density at radius 1 is 1.07 bits per heavy atom. The summed E-state index contributed by atoms with van der Waals surface area (Å²) in [7, 11) is 0. The van der Waals surface area contributed by atoms with Gasteiger partial charge in [-0.15, -0.1) is 0 Å². The lowest BCUT2D eigenvalue weighted by Gasteiger charge is -2.32. The lowest BCUT2D eigenvalue weighted by molar-refractivity contribution is 0.0697. The molecule has 148 valence electrons. The van der Waals surface area contributed by atoms with Crippen molar-refractivity contribution in [3.05, 3.63) is 70.2 Å². The Kier molecular flexibility index (Phi) is 6.00. The van der Waals surface area contributed by atoms with Crippen LogP contribution in [-0.4, -0.2) is 41.7 Å². The van der Waals surface area contributed by atoms with E-state index in [1.54, 1.807) is 12.1 Å². The molecular weight excluding hydrogens is 372 g/mol. The maximum atomic E-state index is 10.9. The number of carbonyl (C=O) groups is 1. The molecular formula is C23H27ClN2O2. The Bertz CT molecular complexity index is 798. The Hall–Kier alpha value is -1.88. The van der Waals surface area contributed by atoms with Crippen LogP contribution in [0.3, 0.4) is 0 Å². The third-order valence-corrected chi connectivity index (χ3v) is 6.32. The Balaban J connectivity index is 1.17. The number of hydrogen-bond donors (Lipinski definition) is 2.